The number of carboxylic acid groups (broad SMARTS) is 1. The number of aromatic carboxylic acids is 1. The molecule has 1 N–H and O–H groups in total. The Kier molecular flexibility index (Phi) is 6.43. The van der Waals surface area contributed by atoms with Gasteiger partial charge in [-0.1, -0.05) is 54.1 Å². The molecule has 154 valence electrons. The molecule has 0 amide bonds. The highest BCUT2D eigenvalue weighted by molar-refractivity contribution is 6.30. The molecule has 5 nitrogen and oxygen atoms in total. The van der Waals surface area contributed by atoms with E-state index in [1.54, 1.807) is 12.3 Å². The molecule has 1 atom stereocenters. The standard InChI is InChI=1S/C24H24ClN3O2/c25-21-8-6-19(7-9-21)23(18-4-2-1-3-5-18)28-14-12-27(13-15-28)17-22-16-20(24(29)30)10-11-26-22/h1-11,16,23H,12-15,17H2,(H,29,30). The second kappa shape index (κ2) is 9.39. The van der Waals surface area contributed by atoms with Crippen LogP contribution in [0.25, 0.3) is 0 Å². The Morgan fingerprint density at radius 3 is 2.30 bits per heavy atom. The van der Waals surface area contributed by atoms with Crippen LogP contribution in [0.2, 0.25) is 5.02 Å². The largest absolute Gasteiger partial charge is 0.478 e. The van der Waals surface area contributed by atoms with E-state index in [-0.39, 0.29) is 11.6 Å². The molecule has 1 aliphatic heterocycles. The van der Waals surface area contributed by atoms with Gasteiger partial charge in [0.05, 0.1) is 17.3 Å². The zero-order chi connectivity index (χ0) is 20.9. The first-order valence-corrected chi connectivity index (χ1v) is 10.4. The molecular formula is C24H24ClN3O2. The second-order valence-corrected chi connectivity index (χ2v) is 7.95. The van der Waals surface area contributed by atoms with Crippen molar-refractivity contribution in [2.75, 3.05) is 26.2 Å². The van der Waals surface area contributed by atoms with Crippen LogP contribution in [0.4, 0.5) is 0 Å². The van der Waals surface area contributed by atoms with E-state index in [0.29, 0.717) is 6.54 Å². The van der Waals surface area contributed by atoms with Gasteiger partial charge in [-0.25, -0.2) is 4.79 Å². The first-order valence-electron chi connectivity index (χ1n) is 10.1. The van der Waals surface area contributed by atoms with Gasteiger partial charge in [-0.05, 0) is 35.4 Å². The molecule has 0 bridgehead atoms. The molecule has 30 heavy (non-hydrogen) atoms. The minimum atomic E-state index is -0.919. The van der Waals surface area contributed by atoms with Crippen molar-refractivity contribution in [2.45, 2.75) is 12.6 Å². The van der Waals surface area contributed by atoms with Crippen LogP contribution in [0.3, 0.4) is 0 Å². The fourth-order valence-corrected chi connectivity index (χ4v) is 4.13. The van der Waals surface area contributed by atoms with Crippen LogP contribution in [0.15, 0.2) is 72.9 Å². The van der Waals surface area contributed by atoms with Crippen molar-refractivity contribution in [2.24, 2.45) is 0 Å². The van der Waals surface area contributed by atoms with E-state index in [1.807, 2.05) is 18.2 Å². The summed E-state index contributed by atoms with van der Waals surface area (Å²) < 4.78 is 0. The van der Waals surface area contributed by atoms with Gasteiger partial charge in [0, 0.05) is 43.9 Å². The first kappa shape index (κ1) is 20.5. The van der Waals surface area contributed by atoms with E-state index in [0.717, 1.165) is 36.9 Å². The molecule has 2 aromatic carbocycles. The minimum Gasteiger partial charge on any atom is -0.478 e. The van der Waals surface area contributed by atoms with Crippen molar-refractivity contribution in [1.82, 2.24) is 14.8 Å². The lowest BCUT2D eigenvalue weighted by molar-refractivity contribution is 0.0696. The summed E-state index contributed by atoms with van der Waals surface area (Å²) in [5.74, 6) is -0.919. The maximum absolute atomic E-state index is 11.2. The van der Waals surface area contributed by atoms with Gasteiger partial charge < -0.3 is 5.11 Å². The predicted molar refractivity (Wildman–Crippen MR) is 118 cm³/mol. The number of nitrogens with zero attached hydrogens (tertiary/aromatic N) is 3. The number of pyridine rings is 1. The maximum atomic E-state index is 11.2. The highest BCUT2D eigenvalue weighted by Gasteiger charge is 2.26. The molecule has 3 aromatic rings. The molecule has 6 heteroatoms. The molecule has 1 unspecified atom stereocenters. The number of carboxylic acids is 1. The average molecular weight is 422 g/mol. The SMILES string of the molecule is O=C(O)c1ccnc(CN2CCN(C(c3ccccc3)c3ccc(Cl)cc3)CC2)c1. The lowest BCUT2D eigenvalue weighted by atomic mass is 9.96. The quantitative estimate of drug-likeness (QED) is 0.641. The van der Waals surface area contributed by atoms with Gasteiger partial charge in [0.2, 0.25) is 0 Å². The predicted octanol–water partition coefficient (Wildman–Crippen LogP) is 4.34. The fourth-order valence-electron chi connectivity index (χ4n) is 4.00. The normalized spacial score (nSPS) is 16.3. The number of benzene rings is 2. The Morgan fingerprint density at radius 2 is 1.63 bits per heavy atom. The van der Waals surface area contributed by atoms with Crippen molar-refractivity contribution in [3.8, 4) is 0 Å². The number of carbonyl (C=O) groups is 1. The van der Waals surface area contributed by atoms with Gasteiger partial charge in [-0.2, -0.15) is 0 Å². The van der Waals surface area contributed by atoms with E-state index in [9.17, 15) is 9.90 Å². The summed E-state index contributed by atoms with van der Waals surface area (Å²) in [5, 5.41) is 9.93. The molecule has 1 saturated heterocycles. The van der Waals surface area contributed by atoms with Crippen molar-refractivity contribution in [3.63, 3.8) is 0 Å². The van der Waals surface area contributed by atoms with Crippen molar-refractivity contribution >= 4 is 17.6 Å². The summed E-state index contributed by atoms with van der Waals surface area (Å²) in [6.07, 6.45) is 1.57. The molecule has 1 aliphatic rings. The van der Waals surface area contributed by atoms with Crippen LogP contribution < -0.4 is 0 Å². The van der Waals surface area contributed by atoms with Crippen LogP contribution in [0.5, 0.6) is 0 Å². The average Bonchev–Trinajstić information content (AvgIpc) is 2.77. The lowest BCUT2D eigenvalue weighted by Crippen LogP contribution is -2.47. The molecule has 0 saturated carbocycles. The molecule has 0 spiro atoms. The Labute approximate surface area is 181 Å². The fraction of sp³-hybridized carbons (Fsp3) is 0.250. The summed E-state index contributed by atoms with van der Waals surface area (Å²) in [5.41, 5.74) is 3.57. The van der Waals surface area contributed by atoms with Crippen molar-refractivity contribution in [1.29, 1.82) is 0 Å². The molecule has 4 rings (SSSR count). The summed E-state index contributed by atoms with van der Waals surface area (Å²) in [4.78, 5) is 20.4. The summed E-state index contributed by atoms with van der Waals surface area (Å²) in [6, 6.07) is 22.0. The van der Waals surface area contributed by atoms with Crippen molar-refractivity contribution in [3.05, 3.63) is 100 Å². The van der Waals surface area contributed by atoms with E-state index < -0.39 is 5.97 Å². The molecule has 0 aliphatic carbocycles. The Morgan fingerprint density at radius 1 is 0.967 bits per heavy atom. The maximum Gasteiger partial charge on any atom is 0.335 e. The summed E-state index contributed by atoms with van der Waals surface area (Å²) >= 11 is 6.11. The van der Waals surface area contributed by atoms with E-state index in [1.165, 1.54) is 17.2 Å². The molecular weight excluding hydrogens is 398 g/mol. The van der Waals surface area contributed by atoms with Gasteiger partial charge in [-0.3, -0.25) is 14.8 Å². The Hall–Kier alpha value is -2.73. The zero-order valence-electron chi connectivity index (χ0n) is 16.6. The van der Waals surface area contributed by atoms with Gasteiger partial charge in [0.25, 0.3) is 0 Å². The number of hydrogen-bond donors (Lipinski definition) is 1. The van der Waals surface area contributed by atoms with Crippen molar-refractivity contribution < 1.29 is 9.90 Å². The number of piperazine rings is 1. The molecule has 1 fully saturated rings. The summed E-state index contributed by atoms with van der Waals surface area (Å²) in [7, 11) is 0. The summed E-state index contributed by atoms with van der Waals surface area (Å²) in [6.45, 7) is 4.29. The topological polar surface area (TPSA) is 56.7 Å². The number of rotatable bonds is 6. The highest BCUT2D eigenvalue weighted by atomic mass is 35.5. The third-order valence-electron chi connectivity index (χ3n) is 5.52. The zero-order valence-corrected chi connectivity index (χ0v) is 17.4. The highest BCUT2D eigenvalue weighted by Crippen LogP contribution is 2.30. The van der Waals surface area contributed by atoms with Gasteiger partial charge in [0.15, 0.2) is 0 Å². The van der Waals surface area contributed by atoms with Gasteiger partial charge in [-0.15, -0.1) is 0 Å². The minimum absolute atomic E-state index is 0.180. The third-order valence-corrected chi connectivity index (χ3v) is 5.77. The molecule has 0 radical (unpaired) electrons. The van der Waals surface area contributed by atoms with Crippen LogP contribution >= 0.6 is 11.6 Å². The van der Waals surface area contributed by atoms with Crippen LogP contribution in [-0.4, -0.2) is 52.0 Å². The second-order valence-electron chi connectivity index (χ2n) is 7.52. The molecule has 1 aromatic heterocycles. The number of halogens is 1. The number of aromatic nitrogens is 1. The van der Waals surface area contributed by atoms with Gasteiger partial charge in [0.1, 0.15) is 0 Å². The van der Waals surface area contributed by atoms with Crippen LogP contribution in [0.1, 0.15) is 33.2 Å². The van der Waals surface area contributed by atoms with Gasteiger partial charge >= 0.3 is 5.97 Å². The monoisotopic (exact) mass is 421 g/mol. The van der Waals surface area contributed by atoms with E-state index in [2.05, 4.69) is 51.2 Å². The smallest absolute Gasteiger partial charge is 0.335 e. The number of hydrogen-bond acceptors (Lipinski definition) is 4. The Bertz CT molecular complexity index is 987. The van der Waals surface area contributed by atoms with E-state index in [4.69, 9.17) is 11.6 Å². The third kappa shape index (κ3) is 4.87. The lowest BCUT2D eigenvalue weighted by Gasteiger charge is -2.39. The van der Waals surface area contributed by atoms with E-state index >= 15 is 0 Å². The van der Waals surface area contributed by atoms with Crippen LogP contribution in [0, 0.1) is 0 Å². The Balaban J connectivity index is 1.47. The molecule has 2 heterocycles. The van der Waals surface area contributed by atoms with Crippen LogP contribution in [-0.2, 0) is 6.54 Å². The first-order chi connectivity index (χ1) is 14.6.